The zero-order valence-corrected chi connectivity index (χ0v) is 12.4. The van der Waals surface area contributed by atoms with Crippen molar-refractivity contribution in [2.24, 2.45) is 5.92 Å². The summed E-state index contributed by atoms with van der Waals surface area (Å²) in [5.74, 6) is -0.861. The molecular formula is C14H20N2O3S. The molecule has 1 atom stereocenters. The van der Waals surface area contributed by atoms with Gasteiger partial charge in [0, 0.05) is 11.3 Å². The molecule has 0 spiro atoms. The topological polar surface area (TPSA) is 79.3 Å². The van der Waals surface area contributed by atoms with E-state index in [1.807, 2.05) is 6.92 Å². The summed E-state index contributed by atoms with van der Waals surface area (Å²) in [6.07, 6.45) is 6.58. The van der Waals surface area contributed by atoms with E-state index in [2.05, 4.69) is 10.3 Å². The summed E-state index contributed by atoms with van der Waals surface area (Å²) >= 11 is 1.27. The maximum absolute atomic E-state index is 12.2. The molecular weight excluding hydrogens is 276 g/mol. The minimum absolute atomic E-state index is 0.0422. The van der Waals surface area contributed by atoms with Crippen LogP contribution in [0.5, 0.6) is 0 Å². The minimum Gasteiger partial charge on any atom is -0.476 e. The van der Waals surface area contributed by atoms with Crippen LogP contribution in [0, 0.1) is 5.92 Å². The van der Waals surface area contributed by atoms with Gasteiger partial charge in [-0.25, -0.2) is 9.78 Å². The number of aromatic carboxylic acids is 1. The van der Waals surface area contributed by atoms with E-state index < -0.39 is 5.97 Å². The van der Waals surface area contributed by atoms with E-state index in [1.54, 1.807) is 0 Å². The van der Waals surface area contributed by atoms with Gasteiger partial charge in [-0.1, -0.05) is 25.7 Å². The number of hydrogen-bond acceptors (Lipinski definition) is 4. The molecule has 110 valence electrons. The highest BCUT2D eigenvalue weighted by Crippen LogP contribution is 2.24. The molecule has 1 heterocycles. The lowest BCUT2D eigenvalue weighted by atomic mass is 9.99. The van der Waals surface area contributed by atoms with Gasteiger partial charge in [-0.15, -0.1) is 11.3 Å². The SMILES string of the molecule is CC(NC(=O)C1CCCCCC1)c1nc(C(=O)O)cs1. The molecule has 0 radical (unpaired) electrons. The van der Waals surface area contributed by atoms with E-state index in [1.165, 1.54) is 29.6 Å². The fourth-order valence-electron chi connectivity index (χ4n) is 2.52. The van der Waals surface area contributed by atoms with Crippen LogP contribution in [0.2, 0.25) is 0 Å². The van der Waals surface area contributed by atoms with Crippen molar-refractivity contribution >= 4 is 23.2 Å². The van der Waals surface area contributed by atoms with Crippen molar-refractivity contribution in [2.45, 2.75) is 51.5 Å². The summed E-state index contributed by atoms with van der Waals surface area (Å²) < 4.78 is 0. The van der Waals surface area contributed by atoms with Crippen LogP contribution in [0.1, 0.15) is 67.0 Å². The van der Waals surface area contributed by atoms with E-state index in [0.29, 0.717) is 5.01 Å². The maximum atomic E-state index is 12.2. The number of carbonyl (C=O) groups is 2. The predicted octanol–water partition coefficient (Wildman–Crippen LogP) is 2.99. The maximum Gasteiger partial charge on any atom is 0.355 e. The van der Waals surface area contributed by atoms with Crippen molar-refractivity contribution in [1.82, 2.24) is 10.3 Å². The molecule has 0 aliphatic heterocycles. The first-order valence-electron chi connectivity index (χ1n) is 7.07. The van der Waals surface area contributed by atoms with Crippen molar-refractivity contribution in [3.05, 3.63) is 16.1 Å². The second kappa shape index (κ2) is 6.83. The van der Waals surface area contributed by atoms with E-state index in [0.717, 1.165) is 25.7 Å². The third-order valence-corrected chi connectivity index (χ3v) is 4.72. The molecule has 1 saturated carbocycles. The van der Waals surface area contributed by atoms with Crippen LogP contribution in [-0.4, -0.2) is 22.0 Å². The van der Waals surface area contributed by atoms with Crippen molar-refractivity contribution in [3.63, 3.8) is 0 Å². The molecule has 1 aliphatic carbocycles. The summed E-state index contributed by atoms with van der Waals surface area (Å²) in [6.45, 7) is 1.85. The number of rotatable bonds is 4. The number of nitrogens with zero attached hydrogens (tertiary/aromatic N) is 1. The highest BCUT2D eigenvalue weighted by molar-refractivity contribution is 7.09. The van der Waals surface area contributed by atoms with Gasteiger partial charge in [0.1, 0.15) is 5.01 Å². The van der Waals surface area contributed by atoms with Crippen LogP contribution in [0.25, 0.3) is 0 Å². The molecule has 1 amide bonds. The second-order valence-electron chi connectivity index (χ2n) is 5.29. The Balaban J connectivity index is 1.93. The fraction of sp³-hybridized carbons (Fsp3) is 0.643. The number of thiazole rings is 1. The molecule has 0 aromatic carbocycles. The van der Waals surface area contributed by atoms with Gasteiger partial charge in [0.25, 0.3) is 0 Å². The Hall–Kier alpha value is -1.43. The molecule has 2 rings (SSSR count). The van der Waals surface area contributed by atoms with Crippen LogP contribution in [0.4, 0.5) is 0 Å². The highest BCUT2D eigenvalue weighted by Gasteiger charge is 2.23. The lowest BCUT2D eigenvalue weighted by Gasteiger charge is -2.17. The first kappa shape index (κ1) is 15.0. The smallest absolute Gasteiger partial charge is 0.355 e. The van der Waals surface area contributed by atoms with Crippen LogP contribution in [0.15, 0.2) is 5.38 Å². The predicted molar refractivity (Wildman–Crippen MR) is 76.8 cm³/mol. The standard InChI is InChI=1S/C14H20N2O3S/c1-9(13-16-11(8-20-13)14(18)19)15-12(17)10-6-4-2-3-5-7-10/h8-10H,2-7H2,1H3,(H,15,17)(H,18,19). The van der Waals surface area contributed by atoms with Crippen molar-refractivity contribution < 1.29 is 14.7 Å². The summed E-state index contributed by atoms with van der Waals surface area (Å²) in [5.41, 5.74) is 0.0422. The minimum atomic E-state index is -1.03. The first-order valence-corrected chi connectivity index (χ1v) is 7.95. The van der Waals surface area contributed by atoms with Gasteiger partial charge < -0.3 is 10.4 Å². The molecule has 1 aromatic rings. The third-order valence-electron chi connectivity index (χ3n) is 3.70. The zero-order chi connectivity index (χ0) is 14.5. The zero-order valence-electron chi connectivity index (χ0n) is 11.6. The number of amides is 1. The molecule has 5 nitrogen and oxygen atoms in total. The average molecular weight is 296 g/mol. The molecule has 1 fully saturated rings. The monoisotopic (exact) mass is 296 g/mol. The second-order valence-corrected chi connectivity index (χ2v) is 6.18. The molecule has 6 heteroatoms. The van der Waals surface area contributed by atoms with Gasteiger partial charge in [0.2, 0.25) is 5.91 Å². The Kier molecular flexibility index (Phi) is 5.11. The highest BCUT2D eigenvalue weighted by atomic mass is 32.1. The molecule has 1 unspecified atom stereocenters. The summed E-state index contributed by atoms with van der Waals surface area (Å²) in [4.78, 5) is 27.1. The van der Waals surface area contributed by atoms with Gasteiger partial charge in [-0.05, 0) is 19.8 Å². The van der Waals surface area contributed by atoms with E-state index in [4.69, 9.17) is 5.11 Å². The molecule has 0 saturated heterocycles. The van der Waals surface area contributed by atoms with Crippen LogP contribution >= 0.6 is 11.3 Å². The van der Waals surface area contributed by atoms with Crippen LogP contribution in [0.3, 0.4) is 0 Å². The summed E-state index contributed by atoms with van der Waals surface area (Å²) in [6, 6.07) is -0.233. The lowest BCUT2D eigenvalue weighted by Crippen LogP contribution is -2.32. The summed E-state index contributed by atoms with van der Waals surface area (Å²) in [5, 5.41) is 14.0. The van der Waals surface area contributed by atoms with Crippen molar-refractivity contribution in [3.8, 4) is 0 Å². The van der Waals surface area contributed by atoms with Gasteiger partial charge >= 0.3 is 5.97 Å². The van der Waals surface area contributed by atoms with E-state index in [-0.39, 0.29) is 23.6 Å². The number of hydrogen-bond donors (Lipinski definition) is 2. The number of carbonyl (C=O) groups excluding carboxylic acids is 1. The molecule has 1 aliphatic rings. The first-order chi connectivity index (χ1) is 9.58. The van der Waals surface area contributed by atoms with Gasteiger partial charge in [0.05, 0.1) is 6.04 Å². The van der Waals surface area contributed by atoms with Gasteiger partial charge in [-0.2, -0.15) is 0 Å². The largest absolute Gasteiger partial charge is 0.476 e. The fourth-order valence-corrected chi connectivity index (χ4v) is 3.32. The van der Waals surface area contributed by atoms with Crippen LogP contribution in [-0.2, 0) is 4.79 Å². The Morgan fingerprint density at radius 1 is 1.35 bits per heavy atom. The Morgan fingerprint density at radius 2 is 2.00 bits per heavy atom. The average Bonchev–Trinajstić information content (AvgIpc) is 2.75. The lowest BCUT2D eigenvalue weighted by molar-refractivity contribution is -0.126. The van der Waals surface area contributed by atoms with Gasteiger partial charge in [0.15, 0.2) is 5.69 Å². The third kappa shape index (κ3) is 3.79. The number of nitrogens with one attached hydrogen (secondary N) is 1. The molecule has 1 aromatic heterocycles. The van der Waals surface area contributed by atoms with Gasteiger partial charge in [-0.3, -0.25) is 4.79 Å². The summed E-state index contributed by atoms with van der Waals surface area (Å²) in [7, 11) is 0. The number of aromatic nitrogens is 1. The van der Waals surface area contributed by atoms with E-state index in [9.17, 15) is 9.59 Å². The van der Waals surface area contributed by atoms with Crippen molar-refractivity contribution in [1.29, 1.82) is 0 Å². The normalized spacial score (nSPS) is 18.2. The molecule has 20 heavy (non-hydrogen) atoms. The quantitative estimate of drug-likeness (QED) is 0.837. The van der Waals surface area contributed by atoms with Crippen molar-refractivity contribution in [2.75, 3.05) is 0 Å². The Bertz CT molecular complexity index is 479. The number of carboxylic acid groups (broad SMARTS) is 1. The Labute approximate surface area is 122 Å². The Morgan fingerprint density at radius 3 is 2.55 bits per heavy atom. The van der Waals surface area contributed by atoms with E-state index >= 15 is 0 Å². The number of carboxylic acids is 1. The van der Waals surface area contributed by atoms with Crippen LogP contribution < -0.4 is 5.32 Å². The molecule has 2 N–H and O–H groups in total. The molecule has 0 bridgehead atoms.